The highest BCUT2D eigenvalue weighted by atomic mass is 16.7. The van der Waals surface area contributed by atoms with Crippen LogP contribution in [0.4, 0.5) is 5.69 Å². The van der Waals surface area contributed by atoms with E-state index in [-0.39, 0.29) is 18.6 Å². The Morgan fingerprint density at radius 3 is 2.26 bits per heavy atom. The molecule has 0 radical (unpaired) electrons. The van der Waals surface area contributed by atoms with E-state index >= 15 is 0 Å². The van der Waals surface area contributed by atoms with Gasteiger partial charge in [0.2, 0.25) is 18.6 Å². The van der Waals surface area contributed by atoms with Crippen molar-refractivity contribution in [2.45, 2.75) is 25.0 Å². The first-order valence-electron chi connectivity index (χ1n) is 7.61. The minimum atomic E-state index is -0.711. The Balaban J connectivity index is 1.60. The van der Waals surface area contributed by atoms with Gasteiger partial charge in [-0.25, -0.2) is 4.90 Å². The molecule has 2 saturated heterocycles. The number of amides is 2. The van der Waals surface area contributed by atoms with E-state index in [4.69, 9.17) is 14.2 Å². The second-order valence-electron chi connectivity index (χ2n) is 6.81. The predicted octanol–water partition coefficient (Wildman–Crippen LogP) is 1.64. The first-order valence-corrected chi connectivity index (χ1v) is 7.61. The molecule has 0 spiro atoms. The maximum atomic E-state index is 13.0. The molecule has 2 bridgehead atoms. The smallest absolute Gasteiger partial charge is 0.241 e. The topological polar surface area (TPSA) is 65.1 Å². The van der Waals surface area contributed by atoms with E-state index in [0.717, 1.165) is 0 Å². The lowest BCUT2D eigenvalue weighted by Crippen LogP contribution is -2.39. The summed E-state index contributed by atoms with van der Waals surface area (Å²) in [6.07, 6.45) is 3.81. The largest absolute Gasteiger partial charge is 0.454 e. The summed E-state index contributed by atoms with van der Waals surface area (Å²) in [6, 6.07) is 5.12. The molecule has 6 nitrogen and oxygen atoms in total. The van der Waals surface area contributed by atoms with Gasteiger partial charge < -0.3 is 14.2 Å². The third kappa shape index (κ3) is 1.42. The van der Waals surface area contributed by atoms with Crippen molar-refractivity contribution in [1.29, 1.82) is 0 Å². The van der Waals surface area contributed by atoms with Crippen molar-refractivity contribution in [2.24, 2.45) is 11.8 Å². The second kappa shape index (κ2) is 3.76. The number of ether oxygens (including phenoxy) is 3. The molecule has 4 heterocycles. The number of hydrogen-bond donors (Lipinski definition) is 0. The van der Waals surface area contributed by atoms with Crippen LogP contribution in [-0.2, 0) is 14.3 Å². The molecule has 4 atom stereocenters. The third-order valence-electron chi connectivity index (χ3n) is 5.34. The number of nitrogens with zero attached hydrogens (tertiary/aromatic N) is 1. The molecule has 0 aromatic heterocycles. The van der Waals surface area contributed by atoms with Crippen molar-refractivity contribution >= 4 is 17.5 Å². The quantitative estimate of drug-likeness (QED) is 0.582. The van der Waals surface area contributed by atoms with Crippen molar-refractivity contribution in [3.05, 3.63) is 30.4 Å². The number of carbonyl (C=O) groups excluding carboxylic acids is 2. The first-order chi connectivity index (χ1) is 10.9. The van der Waals surface area contributed by atoms with Crippen molar-refractivity contribution in [3.63, 3.8) is 0 Å². The number of anilines is 1. The van der Waals surface area contributed by atoms with Gasteiger partial charge in [-0.3, -0.25) is 9.59 Å². The van der Waals surface area contributed by atoms with Crippen molar-refractivity contribution in [3.8, 4) is 11.5 Å². The minimum absolute atomic E-state index is 0.153. The van der Waals surface area contributed by atoms with Crippen LogP contribution >= 0.6 is 0 Å². The lowest BCUT2D eigenvalue weighted by molar-refractivity contribution is -0.128. The molecular formula is C17H15NO5. The molecule has 5 rings (SSSR count). The molecule has 118 valence electrons. The molecule has 1 aromatic rings. The number of benzene rings is 1. The zero-order chi connectivity index (χ0) is 16.0. The van der Waals surface area contributed by atoms with E-state index < -0.39 is 23.0 Å². The molecule has 2 amide bonds. The molecule has 6 heteroatoms. The number of fused-ring (bicyclic) bond motifs is 6. The van der Waals surface area contributed by atoms with Gasteiger partial charge in [0.05, 0.1) is 28.7 Å². The molecule has 1 aromatic carbocycles. The van der Waals surface area contributed by atoms with Gasteiger partial charge in [0.1, 0.15) is 0 Å². The van der Waals surface area contributed by atoms with Gasteiger partial charge >= 0.3 is 0 Å². The molecule has 2 fully saturated rings. The van der Waals surface area contributed by atoms with Crippen LogP contribution in [0.5, 0.6) is 11.5 Å². The predicted molar refractivity (Wildman–Crippen MR) is 79.1 cm³/mol. The van der Waals surface area contributed by atoms with Gasteiger partial charge in [-0.2, -0.15) is 0 Å². The summed E-state index contributed by atoms with van der Waals surface area (Å²) in [5.74, 6) is -0.207. The summed E-state index contributed by atoms with van der Waals surface area (Å²) in [5, 5.41) is 0. The van der Waals surface area contributed by atoms with Crippen LogP contribution in [0.15, 0.2) is 30.4 Å². The normalized spacial score (nSPS) is 39.5. The standard InChI is InChI=1S/C17H15NO5/c1-16-5-6-17(2,23-16)13-12(16)14(19)18(15(13)20)9-3-4-10-11(7-9)22-8-21-10/h3-7,12-13H,8H2,1-2H3/t12-,13+,16-,17+. The average molecular weight is 313 g/mol. The maximum Gasteiger partial charge on any atom is 0.241 e. The number of hydrogen-bond acceptors (Lipinski definition) is 5. The summed E-state index contributed by atoms with van der Waals surface area (Å²) < 4.78 is 16.6. The fraction of sp³-hybridized carbons (Fsp3) is 0.412. The number of imide groups is 1. The van der Waals surface area contributed by atoms with E-state index in [0.29, 0.717) is 17.2 Å². The van der Waals surface area contributed by atoms with Crippen molar-refractivity contribution < 1.29 is 23.8 Å². The van der Waals surface area contributed by atoms with E-state index in [1.807, 2.05) is 26.0 Å². The highest BCUT2D eigenvalue weighted by Crippen LogP contribution is 2.57. The Morgan fingerprint density at radius 2 is 1.61 bits per heavy atom. The molecule has 23 heavy (non-hydrogen) atoms. The van der Waals surface area contributed by atoms with Crippen LogP contribution in [0.25, 0.3) is 0 Å². The Labute approximate surface area is 132 Å². The highest BCUT2D eigenvalue weighted by Gasteiger charge is 2.70. The lowest BCUT2D eigenvalue weighted by atomic mass is 9.73. The van der Waals surface area contributed by atoms with Gasteiger partial charge in [0.15, 0.2) is 11.5 Å². The van der Waals surface area contributed by atoms with Crippen molar-refractivity contribution in [1.82, 2.24) is 0 Å². The van der Waals surface area contributed by atoms with Gasteiger partial charge in [-0.05, 0) is 26.0 Å². The molecular weight excluding hydrogens is 298 g/mol. The SMILES string of the molecule is C[C@]12C=C[C@](C)(O1)[C@@H]1C(=O)N(c3ccc4c(c3)OCO4)C(=O)[C@@H]12. The average Bonchev–Trinajstić information content (AvgIpc) is 3.19. The van der Waals surface area contributed by atoms with Gasteiger partial charge in [-0.1, -0.05) is 12.2 Å². The molecule has 0 N–H and O–H groups in total. The summed E-state index contributed by atoms with van der Waals surface area (Å²) in [6.45, 7) is 3.89. The molecule has 4 aliphatic heterocycles. The number of rotatable bonds is 1. The van der Waals surface area contributed by atoms with Gasteiger partial charge in [0.25, 0.3) is 0 Å². The molecule has 0 saturated carbocycles. The zero-order valence-corrected chi connectivity index (χ0v) is 12.7. The summed E-state index contributed by atoms with van der Waals surface area (Å²) >= 11 is 0. The van der Waals surface area contributed by atoms with Gasteiger partial charge in [0, 0.05) is 6.07 Å². The fourth-order valence-corrected chi connectivity index (χ4v) is 4.31. The highest BCUT2D eigenvalue weighted by molar-refractivity contribution is 6.23. The zero-order valence-electron chi connectivity index (χ0n) is 12.7. The Bertz CT molecular complexity index is 766. The first kappa shape index (κ1) is 13.1. The Morgan fingerprint density at radius 1 is 1.00 bits per heavy atom. The minimum Gasteiger partial charge on any atom is -0.454 e. The lowest BCUT2D eigenvalue weighted by Gasteiger charge is -2.25. The fourth-order valence-electron chi connectivity index (χ4n) is 4.31. The van der Waals surface area contributed by atoms with E-state index in [2.05, 4.69) is 0 Å². The third-order valence-corrected chi connectivity index (χ3v) is 5.34. The summed E-state index contributed by atoms with van der Waals surface area (Å²) in [5.41, 5.74) is -0.903. The second-order valence-corrected chi connectivity index (χ2v) is 6.81. The molecule has 0 unspecified atom stereocenters. The molecule has 4 aliphatic rings. The van der Waals surface area contributed by atoms with E-state index in [1.54, 1.807) is 18.2 Å². The van der Waals surface area contributed by atoms with E-state index in [9.17, 15) is 9.59 Å². The Hall–Kier alpha value is -2.34. The van der Waals surface area contributed by atoms with Gasteiger partial charge in [-0.15, -0.1) is 0 Å². The van der Waals surface area contributed by atoms with Crippen LogP contribution in [0, 0.1) is 11.8 Å². The molecule has 0 aliphatic carbocycles. The Kier molecular flexibility index (Phi) is 2.15. The van der Waals surface area contributed by atoms with Crippen molar-refractivity contribution in [2.75, 3.05) is 11.7 Å². The summed E-state index contributed by atoms with van der Waals surface area (Å²) in [7, 11) is 0. The maximum absolute atomic E-state index is 13.0. The van der Waals surface area contributed by atoms with Crippen LogP contribution < -0.4 is 14.4 Å². The van der Waals surface area contributed by atoms with E-state index in [1.165, 1.54) is 4.90 Å². The monoisotopic (exact) mass is 313 g/mol. The van der Waals surface area contributed by atoms with Crippen LogP contribution in [0.3, 0.4) is 0 Å². The van der Waals surface area contributed by atoms with Crippen LogP contribution in [-0.4, -0.2) is 29.8 Å². The van der Waals surface area contributed by atoms with Crippen LogP contribution in [0.1, 0.15) is 13.8 Å². The van der Waals surface area contributed by atoms with Crippen LogP contribution in [0.2, 0.25) is 0 Å². The summed E-state index contributed by atoms with van der Waals surface area (Å²) in [4.78, 5) is 27.2. The number of carbonyl (C=O) groups is 2.